The van der Waals surface area contributed by atoms with Gasteiger partial charge in [-0.15, -0.1) is 0 Å². The van der Waals surface area contributed by atoms with Crippen molar-refractivity contribution in [1.82, 2.24) is 20.4 Å². The number of rotatable bonds is 3. The van der Waals surface area contributed by atoms with Gasteiger partial charge in [-0.3, -0.25) is 20.0 Å². The fraction of sp³-hybridized carbons (Fsp3) is 0.143. The third-order valence-electron chi connectivity index (χ3n) is 4.74. The first kappa shape index (κ1) is 18.4. The highest BCUT2D eigenvalue weighted by Gasteiger charge is 2.29. The lowest BCUT2D eigenvalue weighted by atomic mass is 10.1. The van der Waals surface area contributed by atoms with Crippen LogP contribution in [0.25, 0.3) is 0 Å². The number of H-pyrrole nitrogens is 1. The normalized spacial score (nSPS) is 12.4. The number of aryl methyl sites for hydroxylation is 1. The van der Waals surface area contributed by atoms with Crippen molar-refractivity contribution < 1.29 is 14.4 Å². The zero-order valence-corrected chi connectivity index (χ0v) is 15.7. The van der Waals surface area contributed by atoms with Gasteiger partial charge in [0.25, 0.3) is 11.8 Å². The van der Waals surface area contributed by atoms with Crippen molar-refractivity contribution in [3.05, 3.63) is 82.5 Å². The van der Waals surface area contributed by atoms with Gasteiger partial charge in [0.15, 0.2) is 5.82 Å². The summed E-state index contributed by atoms with van der Waals surface area (Å²) in [5.41, 5.74) is 3.45. The number of aromatic amines is 1. The number of carbonyl (C=O) groups excluding carboxylic acids is 3. The fourth-order valence-corrected chi connectivity index (χ4v) is 3.11. The van der Waals surface area contributed by atoms with Crippen LogP contribution in [0, 0.1) is 6.92 Å². The number of anilines is 1. The zero-order chi connectivity index (χ0) is 20.4. The summed E-state index contributed by atoms with van der Waals surface area (Å²) in [6.45, 7) is 2.46. The van der Waals surface area contributed by atoms with E-state index in [9.17, 15) is 14.4 Å². The third-order valence-corrected chi connectivity index (χ3v) is 4.74. The summed E-state index contributed by atoms with van der Waals surface area (Å²) in [5.74, 6) is -0.353. The molecule has 2 aromatic carbocycles. The number of hydrogen-bond donors (Lipinski definition) is 3. The van der Waals surface area contributed by atoms with Gasteiger partial charge in [-0.2, -0.15) is 5.10 Å². The summed E-state index contributed by atoms with van der Waals surface area (Å²) < 4.78 is 0. The van der Waals surface area contributed by atoms with Crippen molar-refractivity contribution in [2.75, 3.05) is 5.32 Å². The summed E-state index contributed by atoms with van der Waals surface area (Å²) in [7, 11) is 0. The van der Waals surface area contributed by atoms with E-state index in [1.165, 1.54) is 4.90 Å². The van der Waals surface area contributed by atoms with Crippen molar-refractivity contribution in [3.8, 4) is 0 Å². The Kier molecular flexibility index (Phi) is 4.82. The zero-order valence-electron chi connectivity index (χ0n) is 15.7. The van der Waals surface area contributed by atoms with Crippen LogP contribution in [0.4, 0.5) is 10.6 Å². The maximum absolute atomic E-state index is 12.5. The van der Waals surface area contributed by atoms with E-state index in [4.69, 9.17) is 0 Å². The molecule has 0 spiro atoms. The first-order valence-corrected chi connectivity index (χ1v) is 9.10. The molecule has 0 aliphatic carbocycles. The lowest BCUT2D eigenvalue weighted by Gasteiger charge is -2.16. The Bertz CT molecular complexity index is 1070. The van der Waals surface area contributed by atoms with Crippen LogP contribution in [0.5, 0.6) is 0 Å². The minimum Gasteiger partial charge on any atom is -0.314 e. The second-order valence-electron chi connectivity index (χ2n) is 6.83. The van der Waals surface area contributed by atoms with Crippen LogP contribution in [0.2, 0.25) is 0 Å². The van der Waals surface area contributed by atoms with Crippen LogP contribution in [0.3, 0.4) is 0 Å². The maximum Gasteiger partial charge on any atom is 0.324 e. The van der Waals surface area contributed by atoms with E-state index in [0.717, 1.165) is 16.8 Å². The number of carbonyl (C=O) groups is 3. The Morgan fingerprint density at radius 2 is 1.62 bits per heavy atom. The Labute approximate surface area is 166 Å². The van der Waals surface area contributed by atoms with E-state index < -0.39 is 11.9 Å². The highest BCUT2D eigenvalue weighted by Crippen LogP contribution is 2.27. The highest BCUT2D eigenvalue weighted by molar-refractivity contribution is 6.05. The number of urea groups is 1. The van der Waals surface area contributed by atoms with Gasteiger partial charge >= 0.3 is 6.03 Å². The SMILES string of the molecule is Cc1ccc(C(=O)Nc2n[nH]c3c2CN(C(=O)NC(=O)c2ccccc2)C3)cc1. The molecule has 4 amide bonds. The molecule has 0 bridgehead atoms. The number of nitrogens with zero attached hydrogens (tertiary/aromatic N) is 2. The molecular formula is C21H19N5O3. The first-order chi connectivity index (χ1) is 14.0. The molecule has 29 heavy (non-hydrogen) atoms. The summed E-state index contributed by atoms with van der Waals surface area (Å²) in [6, 6.07) is 15.2. The van der Waals surface area contributed by atoms with Crippen molar-refractivity contribution >= 4 is 23.7 Å². The molecule has 146 valence electrons. The molecule has 2 heterocycles. The number of nitrogens with one attached hydrogen (secondary N) is 3. The summed E-state index contributed by atoms with van der Waals surface area (Å²) in [4.78, 5) is 38.6. The van der Waals surface area contributed by atoms with Crippen molar-refractivity contribution in [2.45, 2.75) is 20.0 Å². The van der Waals surface area contributed by atoms with Gasteiger partial charge < -0.3 is 10.2 Å². The molecule has 4 rings (SSSR count). The Hall–Kier alpha value is -3.94. The molecule has 8 nitrogen and oxygen atoms in total. The van der Waals surface area contributed by atoms with Crippen LogP contribution < -0.4 is 10.6 Å². The molecule has 1 aliphatic heterocycles. The second-order valence-corrected chi connectivity index (χ2v) is 6.83. The molecule has 0 fully saturated rings. The highest BCUT2D eigenvalue weighted by atomic mass is 16.2. The van der Waals surface area contributed by atoms with Crippen LogP contribution in [0.1, 0.15) is 37.5 Å². The molecule has 0 atom stereocenters. The second kappa shape index (κ2) is 7.59. The van der Waals surface area contributed by atoms with Gasteiger partial charge in [0.1, 0.15) is 0 Å². The monoisotopic (exact) mass is 389 g/mol. The maximum atomic E-state index is 12.5. The van der Waals surface area contributed by atoms with E-state index in [0.29, 0.717) is 16.9 Å². The number of imide groups is 1. The van der Waals surface area contributed by atoms with E-state index >= 15 is 0 Å². The molecule has 1 aliphatic rings. The summed E-state index contributed by atoms with van der Waals surface area (Å²) in [6.07, 6.45) is 0. The third kappa shape index (κ3) is 3.86. The lowest BCUT2D eigenvalue weighted by molar-refractivity contribution is 0.0950. The van der Waals surface area contributed by atoms with Gasteiger partial charge in [0.2, 0.25) is 0 Å². The van der Waals surface area contributed by atoms with Gasteiger partial charge in [-0.25, -0.2) is 4.79 Å². The van der Waals surface area contributed by atoms with Gasteiger partial charge in [-0.1, -0.05) is 35.9 Å². The largest absolute Gasteiger partial charge is 0.324 e. The van der Waals surface area contributed by atoms with Gasteiger partial charge in [0.05, 0.1) is 18.8 Å². The minimum absolute atomic E-state index is 0.239. The number of hydrogen-bond acceptors (Lipinski definition) is 4. The summed E-state index contributed by atoms with van der Waals surface area (Å²) >= 11 is 0. The van der Waals surface area contributed by atoms with Crippen LogP contribution >= 0.6 is 0 Å². The fourth-order valence-electron chi connectivity index (χ4n) is 3.11. The molecule has 0 saturated carbocycles. The number of aromatic nitrogens is 2. The van der Waals surface area contributed by atoms with Gasteiger partial charge in [-0.05, 0) is 31.2 Å². The molecule has 0 unspecified atom stereocenters. The Morgan fingerprint density at radius 3 is 2.34 bits per heavy atom. The standard InChI is InChI=1S/C21H19N5O3/c1-13-7-9-15(10-8-13)19(27)22-18-16-11-26(12-17(16)24-25-18)21(29)23-20(28)14-5-3-2-4-6-14/h2-10H,11-12H2,1H3,(H,23,28,29)(H2,22,24,25,27). The Morgan fingerprint density at radius 1 is 0.931 bits per heavy atom. The van der Waals surface area contributed by atoms with E-state index in [-0.39, 0.29) is 19.0 Å². The average molecular weight is 389 g/mol. The minimum atomic E-state index is -0.501. The van der Waals surface area contributed by atoms with Crippen LogP contribution in [0.15, 0.2) is 54.6 Å². The quantitative estimate of drug-likeness (QED) is 0.640. The van der Waals surface area contributed by atoms with E-state index in [2.05, 4.69) is 20.8 Å². The number of amides is 4. The molecule has 1 aromatic heterocycles. The molecule has 3 N–H and O–H groups in total. The van der Waals surface area contributed by atoms with Crippen LogP contribution in [-0.4, -0.2) is 32.9 Å². The average Bonchev–Trinajstić information content (AvgIpc) is 3.31. The molecule has 3 aromatic rings. The lowest BCUT2D eigenvalue weighted by Crippen LogP contribution is -2.40. The Balaban J connectivity index is 1.41. The van der Waals surface area contributed by atoms with Crippen molar-refractivity contribution in [2.24, 2.45) is 0 Å². The van der Waals surface area contributed by atoms with Gasteiger partial charge in [0, 0.05) is 16.7 Å². The number of benzene rings is 2. The molecule has 8 heteroatoms. The summed E-state index contributed by atoms with van der Waals surface area (Å²) in [5, 5.41) is 12.1. The molecular weight excluding hydrogens is 370 g/mol. The number of fused-ring (bicyclic) bond motifs is 1. The smallest absolute Gasteiger partial charge is 0.314 e. The van der Waals surface area contributed by atoms with Crippen molar-refractivity contribution in [1.29, 1.82) is 0 Å². The van der Waals surface area contributed by atoms with Crippen LogP contribution in [-0.2, 0) is 13.1 Å². The molecule has 0 saturated heterocycles. The molecule has 0 radical (unpaired) electrons. The van der Waals surface area contributed by atoms with E-state index in [1.807, 2.05) is 19.1 Å². The first-order valence-electron chi connectivity index (χ1n) is 9.10. The van der Waals surface area contributed by atoms with E-state index in [1.54, 1.807) is 42.5 Å². The van der Waals surface area contributed by atoms with Crippen molar-refractivity contribution in [3.63, 3.8) is 0 Å². The topological polar surface area (TPSA) is 107 Å². The predicted molar refractivity (Wildman–Crippen MR) is 106 cm³/mol. The predicted octanol–water partition coefficient (Wildman–Crippen LogP) is 2.84.